The zero-order valence-corrected chi connectivity index (χ0v) is 14.6. The predicted octanol–water partition coefficient (Wildman–Crippen LogP) is 2.13. The summed E-state index contributed by atoms with van der Waals surface area (Å²) >= 11 is 0. The monoisotopic (exact) mass is 356 g/mol. The zero-order chi connectivity index (χ0) is 18.9. The molecule has 0 heterocycles. The molecular weight excluding hydrogens is 336 g/mol. The van der Waals surface area contributed by atoms with Gasteiger partial charge >= 0.3 is 5.97 Å². The largest absolute Gasteiger partial charge is 0.497 e. The van der Waals surface area contributed by atoms with Crippen LogP contribution in [0.25, 0.3) is 0 Å². The average molecular weight is 356 g/mol. The highest BCUT2D eigenvalue weighted by atomic mass is 16.5. The van der Waals surface area contributed by atoms with Crippen molar-refractivity contribution in [1.82, 2.24) is 5.32 Å². The highest BCUT2D eigenvalue weighted by molar-refractivity contribution is 5.95. The van der Waals surface area contributed by atoms with E-state index in [2.05, 4.69) is 10.6 Å². The molecule has 2 aromatic carbocycles. The van der Waals surface area contributed by atoms with Gasteiger partial charge in [-0.05, 0) is 29.8 Å². The fraction of sp³-hybridized carbons (Fsp3) is 0.211. The van der Waals surface area contributed by atoms with Crippen molar-refractivity contribution in [2.75, 3.05) is 19.0 Å². The molecule has 0 unspecified atom stereocenters. The molecule has 0 aliphatic carbocycles. The van der Waals surface area contributed by atoms with Gasteiger partial charge in [0, 0.05) is 25.2 Å². The Morgan fingerprint density at radius 1 is 1.04 bits per heavy atom. The number of esters is 1. The van der Waals surface area contributed by atoms with Gasteiger partial charge in [-0.2, -0.15) is 0 Å². The Hall–Kier alpha value is -3.35. The van der Waals surface area contributed by atoms with Gasteiger partial charge in [-0.15, -0.1) is 0 Å². The number of ether oxygens (including phenoxy) is 2. The Morgan fingerprint density at radius 3 is 2.42 bits per heavy atom. The number of hydrogen-bond acceptors (Lipinski definition) is 5. The Bertz CT molecular complexity index is 787. The zero-order valence-electron chi connectivity index (χ0n) is 14.6. The predicted molar refractivity (Wildman–Crippen MR) is 95.9 cm³/mol. The molecule has 2 amide bonds. The second-order valence-electron chi connectivity index (χ2n) is 5.46. The van der Waals surface area contributed by atoms with Gasteiger partial charge in [0.05, 0.1) is 12.7 Å². The number of methoxy groups -OCH3 is 1. The Labute approximate surface area is 151 Å². The molecule has 0 aliphatic rings. The molecule has 0 fully saturated rings. The van der Waals surface area contributed by atoms with Crippen LogP contribution in [0.3, 0.4) is 0 Å². The van der Waals surface area contributed by atoms with E-state index in [9.17, 15) is 14.4 Å². The van der Waals surface area contributed by atoms with E-state index in [-0.39, 0.29) is 5.91 Å². The third-order valence-electron chi connectivity index (χ3n) is 3.42. The van der Waals surface area contributed by atoms with E-state index in [1.165, 1.54) is 14.0 Å². The highest BCUT2D eigenvalue weighted by Gasteiger charge is 2.11. The molecule has 0 bridgehead atoms. The third-order valence-corrected chi connectivity index (χ3v) is 3.42. The van der Waals surface area contributed by atoms with Crippen LogP contribution >= 0.6 is 0 Å². The Kier molecular flexibility index (Phi) is 6.73. The van der Waals surface area contributed by atoms with Crippen LogP contribution in [-0.2, 0) is 20.9 Å². The van der Waals surface area contributed by atoms with Gasteiger partial charge < -0.3 is 20.1 Å². The van der Waals surface area contributed by atoms with E-state index in [4.69, 9.17) is 9.47 Å². The van der Waals surface area contributed by atoms with E-state index in [0.29, 0.717) is 23.5 Å². The van der Waals surface area contributed by atoms with Crippen molar-refractivity contribution in [2.24, 2.45) is 0 Å². The smallest absolute Gasteiger partial charge is 0.338 e. The molecule has 7 nitrogen and oxygen atoms in total. The van der Waals surface area contributed by atoms with E-state index in [0.717, 1.165) is 5.56 Å². The van der Waals surface area contributed by atoms with Crippen LogP contribution in [0.1, 0.15) is 22.8 Å². The maximum Gasteiger partial charge on any atom is 0.338 e. The minimum atomic E-state index is -0.600. The number of rotatable bonds is 7. The number of amides is 2. The van der Waals surface area contributed by atoms with Gasteiger partial charge in [-0.1, -0.05) is 18.2 Å². The second-order valence-corrected chi connectivity index (χ2v) is 5.46. The van der Waals surface area contributed by atoms with Crippen molar-refractivity contribution >= 4 is 23.5 Å². The normalized spacial score (nSPS) is 9.92. The second kappa shape index (κ2) is 9.22. The molecule has 0 atom stereocenters. The van der Waals surface area contributed by atoms with Gasteiger partial charge in [0.1, 0.15) is 5.75 Å². The van der Waals surface area contributed by atoms with Gasteiger partial charge in [0.25, 0.3) is 5.91 Å². The lowest BCUT2D eigenvalue weighted by Gasteiger charge is -2.08. The van der Waals surface area contributed by atoms with Crippen molar-refractivity contribution in [3.8, 4) is 5.75 Å². The molecule has 0 radical (unpaired) electrons. The minimum absolute atomic E-state index is 0.129. The van der Waals surface area contributed by atoms with E-state index in [1.54, 1.807) is 48.5 Å². The first-order valence-corrected chi connectivity index (χ1v) is 7.92. The first-order chi connectivity index (χ1) is 12.5. The summed E-state index contributed by atoms with van der Waals surface area (Å²) in [6.45, 7) is 1.42. The molecule has 26 heavy (non-hydrogen) atoms. The van der Waals surface area contributed by atoms with Crippen LogP contribution in [0.15, 0.2) is 48.5 Å². The lowest BCUT2D eigenvalue weighted by Crippen LogP contribution is -2.21. The van der Waals surface area contributed by atoms with Crippen molar-refractivity contribution in [2.45, 2.75) is 13.5 Å². The van der Waals surface area contributed by atoms with Crippen molar-refractivity contribution < 1.29 is 23.9 Å². The molecule has 2 aromatic rings. The number of nitrogens with one attached hydrogen (secondary N) is 2. The van der Waals surface area contributed by atoms with Gasteiger partial charge in [0.15, 0.2) is 6.61 Å². The Balaban J connectivity index is 1.83. The van der Waals surface area contributed by atoms with Crippen LogP contribution in [0.2, 0.25) is 0 Å². The summed E-state index contributed by atoms with van der Waals surface area (Å²) < 4.78 is 10.1. The molecule has 7 heteroatoms. The number of carbonyl (C=O) groups excluding carboxylic acids is 3. The number of anilines is 1. The summed E-state index contributed by atoms with van der Waals surface area (Å²) in [5, 5.41) is 5.29. The standard InChI is InChI=1S/C19H20N2O5/c1-13(22)20-11-14-6-8-15(9-7-14)19(24)26-12-18(23)21-16-4-3-5-17(10-16)25-2/h3-10H,11-12H2,1-2H3,(H,20,22)(H,21,23). The maximum absolute atomic E-state index is 12.0. The minimum Gasteiger partial charge on any atom is -0.497 e. The third kappa shape index (κ3) is 5.94. The first kappa shape index (κ1) is 19.0. The number of benzene rings is 2. The van der Waals surface area contributed by atoms with Crippen LogP contribution < -0.4 is 15.4 Å². The molecule has 136 valence electrons. The molecule has 0 spiro atoms. The van der Waals surface area contributed by atoms with Crippen molar-refractivity contribution in [3.63, 3.8) is 0 Å². The topological polar surface area (TPSA) is 93.7 Å². The fourth-order valence-corrected chi connectivity index (χ4v) is 2.10. The molecule has 2 N–H and O–H groups in total. The average Bonchev–Trinajstić information content (AvgIpc) is 2.65. The lowest BCUT2D eigenvalue weighted by molar-refractivity contribution is -0.119. The quantitative estimate of drug-likeness (QED) is 0.741. The van der Waals surface area contributed by atoms with Gasteiger partial charge in [0.2, 0.25) is 5.91 Å². The van der Waals surface area contributed by atoms with E-state index in [1.807, 2.05) is 0 Å². The SMILES string of the molecule is COc1cccc(NC(=O)COC(=O)c2ccc(CNC(C)=O)cc2)c1. The summed E-state index contributed by atoms with van der Waals surface area (Å²) in [5.41, 5.74) is 1.73. The fourth-order valence-electron chi connectivity index (χ4n) is 2.10. The maximum atomic E-state index is 12.0. The van der Waals surface area contributed by atoms with E-state index < -0.39 is 18.5 Å². The summed E-state index contributed by atoms with van der Waals surface area (Å²) in [7, 11) is 1.53. The van der Waals surface area contributed by atoms with Crippen molar-refractivity contribution in [1.29, 1.82) is 0 Å². The number of hydrogen-bond donors (Lipinski definition) is 2. The van der Waals surface area contributed by atoms with Crippen LogP contribution in [0, 0.1) is 0 Å². The summed E-state index contributed by atoms with van der Waals surface area (Å²) in [5.74, 6) is -0.569. The molecule has 0 saturated heterocycles. The highest BCUT2D eigenvalue weighted by Crippen LogP contribution is 2.16. The van der Waals surface area contributed by atoms with Gasteiger partial charge in [-0.3, -0.25) is 9.59 Å². The molecule has 0 aromatic heterocycles. The molecule has 0 saturated carbocycles. The van der Waals surface area contributed by atoms with Crippen LogP contribution in [0.5, 0.6) is 5.75 Å². The number of carbonyl (C=O) groups is 3. The summed E-state index contributed by atoms with van der Waals surface area (Å²) in [6, 6.07) is 13.4. The molecule has 2 rings (SSSR count). The van der Waals surface area contributed by atoms with Crippen LogP contribution in [0.4, 0.5) is 5.69 Å². The summed E-state index contributed by atoms with van der Waals surface area (Å²) in [4.78, 5) is 34.7. The van der Waals surface area contributed by atoms with Crippen molar-refractivity contribution in [3.05, 3.63) is 59.7 Å². The Morgan fingerprint density at radius 2 is 1.77 bits per heavy atom. The first-order valence-electron chi connectivity index (χ1n) is 7.92. The summed E-state index contributed by atoms with van der Waals surface area (Å²) in [6.07, 6.45) is 0. The molecule has 0 aliphatic heterocycles. The van der Waals surface area contributed by atoms with E-state index >= 15 is 0 Å². The lowest BCUT2D eigenvalue weighted by atomic mass is 10.1. The van der Waals surface area contributed by atoms with Gasteiger partial charge in [-0.25, -0.2) is 4.79 Å². The van der Waals surface area contributed by atoms with Crippen LogP contribution in [-0.4, -0.2) is 31.5 Å². The molecular formula is C19H20N2O5.